The van der Waals surface area contributed by atoms with Crippen LogP contribution in [-0.4, -0.2) is 47.8 Å². The van der Waals surface area contributed by atoms with E-state index in [0.717, 1.165) is 5.76 Å². The van der Waals surface area contributed by atoms with Crippen molar-refractivity contribution in [2.75, 3.05) is 22.6 Å². The Kier molecular flexibility index (Phi) is 5.41. The maximum absolute atomic E-state index is 11.9. The number of hydrogen-bond acceptors (Lipinski definition) is 9. The van der Waals surface area contributed by atoms with Crippen LogP contribution in [0, 0.1) is 0 Å². The molecule has 0 radical (unpaired) electrons. The van der Waals surface area contributed by atoms with Gasteiger partial charge in [0.05, 0.1) is 30.1 Å². The molecular weight excluding hydrogens is 372 g/mol. The predicted molar refractivity (Wildman–Crippen MR) is 91.9 cm³/mol. The third kappa shape index (κ3) is 4.95. The normalized spacial score (nSPS) is 19.2. The zero-order valence-corrected chi connectivity index (χ0v) is 15.0. The minimum absolute atomic E-state index is 0.0308. The first kappa shape index (κ1) is 17.2. The maximum atomic E-state index is 11.9. The first-order valence-corrected chi connectivity index (χ1v) is 10.8. The Morgan fingerprint density at radius 3 is 3.04 bits per heavy atom. The van der Waals surface area contributed by atoms with Crippen LogP contribution in [0.4, 0.5) is 5.13 Å². The number of rotatable bonds is 7. The minimum Gasteiger partial charge on any atom is -0.467 e. The molecule has 130 valence electrons. The van der Waals surface area contributed by atoms with Crippen molar-refractivity contribution < 1.29 is 17.6 Å². The Hall–Kier alpha value is -1.59. The molecule has 0 spiro atoms. The highest BCUT2D eigenvalue weighted by Gasteiger charge is 2.28. The lowest BCUT2D eigenvalue weighted by molar-refractivity contribution is -0.119. The number of hydrogen-bond donors (Lipinski definition) is 2. The van der Waals surface area contributed by atoms with E-state index in [0.29, 0.717) is 22.4 Å². The van der Waals surface area contributed by atoms with Gasteiger partial charge in [-0.3, -0.25) is 4.79 Å². The van der Waals surface area contributed by atoms with Gasteiger partial charge in [-0.1, -0.05) is 23.1 Å². The molecule has 0 unspecified atom stereocenters. The van der Waals surface area contributed by atoms with Crippen molar-refractivity contribution in [3.8, 4) is 0 Å². The Labute approximate surface area is 147 Å². The number of sulfone groups is 1. The zero-order chi connectivity index (χ0) is 17.0. The Balaban J connectivity index is 1.41. The lowest BCUT2D eigenvalue weighted by atomic mass is 10.3. The molecule has 0 aliphatic carbocycles. The number of amides is 1. The average Bonchev–Trinajstić information content (AvgIpc) is 3.24. The summed E-state index contributed by atoms with van der Waals surface area (Å²) in [6, 6.07) is 3.40. The molecule has 0 bridgehead atoms. The first-order valence-electron chi connectivity index (χ1n) is 7.22. The highest BCUT2D eigenvalue weighted by molar-refractivity contribution is 8.01. The van der Waals surface area contributed by atoms with E-state index in [1.54, 1.807) is 6.26 Å². The Morgan fingerprint density at radius 1 is 1.46 bits per heavy atom. The SMILES string of the molecule is O=C(CSc1nnc(NCc2ccco2)s1)N[C@H]1CCS(=O)(=O)C1. The van der Waals surface area contributed by atoms with E-state index in [1.807, 2.05) is 12.1 Å². The van der Waals surface area contributed by atoms with E-state index in [9.17, 15) is 13.2 Å². The summed E-state index contributed by atoms with van der Waals surface area (Å²) in [5, 5.41) is 14.5. The van der Waals surface area contributed by atoms with Gasteiger partial charge >= 0.3 is 0 Å². The van der Waals surface area contributed by atoms with Crippen LogP contribution in [0.3, 0.4) is 0 Å². The third-order valence-electron chi connectivity index (χ3n) is 3.32. The molecule has 24 heavy (non-hydrogen) atoms. The molecule has 1 atom stereocenters. The van der Waals surface area contributed by atoms with Gasteiger partial charge in [0.25, 0.3) is 0 Å². The number of anilines is 1. The first-order chi connectivity index (χ1) is 11.5. The molecule has 1 aliphatic rings. The summed E-state index contributed by atoms with van der Waals surface area (Å²) < 4.78 is 28.6. The van der Waals surface area contributed by atoms with Gasteiger partial charge in [-0.25, -0.2) is 8.42 Å². The summed E-state index contributed by atoms with van der Waals surface area (Å²) in [5.41, 5.74) is 0. The number of aromatic nitrogens is 2. The molecule has 3 rings (SSSR count). The minimum atomic E-state index is -2.99. The average molecular weight is 388 g/mol. The van der Waals surface area contributed by atoms with Gasteiger partial charge in [-0.2, -0.15) is 0 Å². The second-order valence-electron chi connectivity index (χ2n) is 5.26. The van der Waals surface area contributed by atoms with Gasteiger partial charge < -0.3 is 15.1 Å². The number of carbonyl (C=O) groups excluding carboxylic acids is 1. The van der Waals surface area contributed by atoms with Crippen LogP contribution in [-0.2, 0) is 21.2 Å². The van der Waals surface area contributed by atoms with Crippen molar-refractivity contribution >= 4 is 44.0 Å². The lowest BCUT2D eigenvalue weighted by Crippen LogP contribution is -2.36. The highest BCUT2D eigenvalue weighted by Crippen LogP contribution is 2.25. The van der Waals surface area contributed by atoms with Crippen molar-refractivity contribution in [1.29, 1.82) is 0 Å². The van der Waals surface area contributed by atoms with Crippen molar-refractivity contribution in [2.45, 2.75) is 23.3 Å². The summed E-state index contributed by atoms with van der Waals surface area (Å²) in [7, 11) is -2.99. The molecule has 8 nitrogen and oxygen atoms in total. The molecular formula is C13H16N4O4S3. The molecule has 1 aliphatic heterocycles. The third-order valence-corrected chi connectivity index (χ3v) is 7.11. The van der Waals surface area contributed by atoms with Gasteiger partial charge in [0.15, 0.2) is 14.2 Å². The van der Waals surface area contributed by atoms with Crippen LogP contribution in [0.5, 0.6) is 0 Å². The van der Waals surface area contributed by atoms with Crippen LogP contribution in [0.2, 0.25) is 0 Å². The molecule has 1 saturated heterocycles. The Bertz CT molecular complexity index is 788. The largest absolute Gasteiger partial charge is 0.467 e. The summed E-state index contributed by atoms with van der Waals surface area (Å²) >= 11 is 2.63. The maximum Gasteiger partial charge on any atom is 0.230 e. The van der Waals surface area contributed by atoms with Gasteiger partial charge in [0.1, 0.15) is 5.76 Å². The van der Waals surface area contributed by atoms with Gasteiger partial charge in [-0.15, -0.1) is 10.2 Å². The molecule has 0 saturated carbocycles. The van der Waals surface area contributed by atoms with Crippen molar-refractivity contribution in [3.05, 3.63) is 24.2 Å². The molecule has 1 amide bonds. The Morgan fingerprint density at radius 2 is 2.33 bits per heavy atom. The summed E-state index contributed by atoms with van der Waals surface area (Å²) in [6.07, 6.45) is 2.09. The smallest absolute Gasteiger partial charge is 0.230 e. The van der Waals surface area contributed by atoms with E-state index < -0.39 is 9.84 Å². The molecule has 1 fully saturated rings. The summed E-state index contributed by atoms with van der Waals surface area (Å²) in [6.45, 7) is 0.517. The number of furan rings is 1. The van der Waals surface area contributed by atoms with Crippen LogP contribution in [0.15, 0.2) is 27.2 Å². The van der Waals surface area contributed by atoms with Gasteiger partial charge in [0, 0.05) is 6.04 Å². The van der Waals surface area contributed by atoms with Gasteiger partial charge in [-0.05, 0) is 18.6 Å². The van der Waals surface area contributed by atoms with E-state index in [4.69, 9.17) is 4.42 Å². The van der Waals surface area contributed by atoms with Crippen molar-refractivity contribution in [3.63, 3.8) is 0 Å². The second-order valence-corrected chi connectivity index (χ2v) is 9.69. The van der Waals surface area contributed by atoms with Crippen LogP contribution in [0.1, 0.15) is 12.2 Å². The fourth-order valence-corrected chi connectivity index (χ4v) is 5.45. The van der Waals surface area contributed by atoms with E-state index in [1.165, 1.54) is 23.1 Å². The fraction of sp³-hybridized carbons (Fsp3) is 0.462. The molecule has 2 aromatic heterocycles. The predicted octanol–water partition coefficient (Wildman–Crippen LogP) is 1.14. The van der Waals surface area contributed by atoms with E-state index >= 15 is 0 Å². The van der Waals surface area contributed by atoms with Crippen LogP contribution >= 0.6 is 23.1 Å². The van der Waals surface area contributed by atoms with Crippen LogP contribution in [0.25, 0.3) is 0 Å². The van der Waals surface area contributed by atoms with E-state index in [-0.39, 0.29) is 29.2 Å². The topological polar surface area (TPSA) is 114 Å². The molecule has 2 N–H and O–H groups in total. The van der Waals surface area contributed by atoms with Crippen molar-refractivity contribution in [1.82, 2.24) is 15.5 Å². The fourth-order valence-electron chi connectivity index (χ4n) is 2.22. The quantitative estimate of drug-likeness (QED) is 0.679. The number of carbonyl (C=O) groups is 1. The standard InChI is InChI=1S/C13H16N4O4S3/c18-11(15-9-3-5-24(19,20)8-9)7-22-13-17-16-12(23-13)14-6-10-2-1-4-21-10/h1-2,4,9H,3,5-8H2,(H,14,16)(H,15,18)/t9-/m0/s1. The summed E-state index contributed by atoms with van der Waals surface area (Å²) in [4.78, 5) is 11.9. The van der Waals surface area contributed by atoms with Gasteiger partial charge in [0.2, 0.25) is 11.0 Å². The van der Waals surface area contributed by atoms with Crippen LogP contribution < -0.4 is 10.6 Å². The van der Waals surface area contributed by atoms with Crippen molar-refractivity contribution in [2.24, 2.45) is 0 Å². The molecule has 3 heterocycles. The number of nitrogens with one attached hydrogen (secondary N) is 2. The van der Waals surface area contributed by atoms with E-state index in [2.05, 4.69) is 20.8 Å². The lowest BCUT2D eigenvalue weighted by Gasteiger charge is -2.09. The summed E-state index contributed by atoms with van der Waals surface area (Å²) in [5.74, 6) is 0.964. The second kappa shape index (κ2) is 7.53. The highest BCUT2D eigenvalue weighted by atomic mass is 32.2. The number of nitrogens with zero attached hydrogens (tertiary/aromatic N) is 2. The molecule has 11 heteroatoms. The molecule has 2 aromatic rings. The monoisotopic (exact) mass is 388 g/mol. The molecule has 0 aromatic carbocycles. The zero-order valence-electron chi connectivity index (χ0n) is 12.6. The number of thioether (sulfide) groups is 1.